The molecule has 0 radical (unpaired) electrons. The van der Waals surface area contributed by atoms with Gasteiger partial charge in [0, 0.05) is 29.4 Å². The molecule has 0 spiro atoms. The molecule has 0 bridgehead atoms. The Kier molecular flexibility index (Phi) is 5.98. The summed E-state index contributed by atoms with van der Waals surface area (Å²) < 4.78 is 50.7. The van der Waals surface area contributed by atoms with Crippen molar-refractivity contribution in [3.8, 4) is 0 Å². The fourth-order valence-corrected chi connectivity index (χ4v) is 5.76. The van der Waals surface area contributed by atoms with E-state index in [4.69, 9.17) is 27.9 Å². The van der Waals surface area contributed by atoms with E-state index in [-0.39, 0.29) is 22.5 Å². The third-order valence-electron chi connectivity index (χ3n) is 6.98. The number of benzene rings is 3. The fourth-order valence-electron chi connectivity index (χ4n) is 5.26. The number of hydrogen-bond donors (Lipinski definition) is 0. The highest BCUT2D eigenvalue weighted by Gasteiger charge is 2.46. The number of imidazole rings is 1. The number of aromatic nitrogens is 3. The number of aryl methyl sites for hydroxylation is 1. The molecule has 0 saturated carbocycles. The van der Waals surface area contributed by atoms with Crippen LogP contribution in [-0.4, -0.2) is 14.5 Å². The zero-order valence-corrected chi connectivity index (χ0v) is 21.6. The fraction of sp³-hybridized carbons (Fsp3) is 0.172. The standard InChI is InChI=1S/C29H20Cl2F3N3O/c1-37-16-35-14-25(37)28(23-9-8-20(30)12-18(23)15-38-28)19-7-10-24-21(13-19)26(31)22(27(36-24)29(32,33)34)11-17-5-3-2-4-6-17/h2-10,12-14,16H,11,15H2,1H3. The van der Waals surface area contributed by atoms with Gasteiger partial charge in [-0.2, -0.15) is 13.2 Å². The number of pyridine rings is 1. The molecule has 1 atom stereocenters. The summed E-state index contributed by atoms with van der Waals surface area (Å²) in [7, 11) is 1.87. The number of halogens is 5. The van der Waals surface area contributed by atoms with Crippen LogP contribution < -0.4 is 0 Å². The first-order valence-corrected chi connectivity index (χ1v) is 12.6. The van der Waals surface area contributed by atoms with Gasteiger partial charge in [0.05, 0.1) is 35.4 Å². The Labute approximate surface area is 226 Å². The SMILES string of the molecule is Cn1cncc1C1(c2ccc3nc(C(F)(F)F)c(Cc4ccccc4)c(Cl)c3c2)OCc2cc(Cl)ccc21. The average molecular weight is 554 g/mol. The molecular weight excluding hydrogens is 534 g/mol. The summed E-state index contributed by atoms with van der Waals surface area (Å²) >= 11 is 13.1. The number of rotatable bonds is 4. The van der Waals surface area contributed by atoms with E-state index in [1.807, 2.05) is 29.8 Å². The largest absolute Gasteiger partial charge is 0.433 e. The second-order valence-corrected chi connectivity index (χ2v) is 10.1. The predicted octanol–water partition coefficient (Wildman–Crippen LogP) is 7.71. The van der Waals surface area contributed by atoms with Crippen molar-refractivity contribution in [3.63, 3.8) is 0 Å². The molecule has 4 nitrogen and oxygen atoms in total. The van der Waals surface area contributed by atoms with Gasteiger partial charge in [-0.3, -0.25) is 0 Å². The molecule has 3 heterocycles. The van der Waals surface area contributed by atoms with Crippen LogP contribution in [0.15, 0.2) is 79.3 Å². The number of fused-ring (bicyclic) bond motifs is 2. The topological polar surface area (TPSA) is 39.9 Å². The lowest BCUT2D eigenvalue weighted by Crippen LogP contribution is -2.31. The Morgan fingerprint density at radius 3 is 2.53 bits per heavy atom. The molecule has 1 unspecified atom stereocenters. The van der Waals surface area contributed by atoms with Crippen molar-refractivity contribution in [2.75, 3.05) is 0 Å². The molecule has 9 heteroatoms. The van der Waals surface area contributed by atoms with E-state index in [2.05, 4.69) is 9.97 Å². The van der Waals surface area contributed by atoms with Gasteiger partial charge in [-0.25, -0.2) is 9.97 Å². The third-order valence-corrected chi connectivity index (χ3v) is 7.65. The summed E-state index contributed by atoms with van der Waals surface area (Å²) in [5.74, 6) is 0. The van der Waals surface area contributed by atoms with Crippen LogP contribution >= 0.6 is 23.2 Å². The van der Waals surface area contributed by atoms with E-state index in [1.165, 1.54) is 0 Å². The van der Waals surface area contributed by atoms with Crippen molar-refractivity contribution in [1.29, 1.82) is 0 Å². The molecule has 6 rings (SSSR count). The first-order chi connectivity index (χ1) is 18.2. The molecular formula is C29H20Cl2F3N3O. The van der Waals surface area contributed by atoms with Crippen LogP contribution in [0.4, 0.5) is 13.2 Å². The van der Waals surface area contributed by atoms with Gasteiger partial charge in [-0.05, 0) is 46.5 Å². The summed E-state index contributed by atoms with van der Waals surface area (Å²) in [5, 5.41) is 1.02. The molecule has 0 N–H and O–H groups in total. The van der Waals surface area contributed by atoms with E-state index in [9.17, 15) is 13.2 Å². The minimum atomic E-state index is -4.66. The Morgan fingerprint density at radius 1 is 1.03 bits per heavy atom. The van der Waals surface area contributed by atoms with Crippen molar-refractivity contribution in [1.82, 2.24) is 14.5 Å². The first-order valence-electron chi connectivity index (χ1n) is 11.8. The highest BCUT2D eigenvalue weighted by molar-refractivity contribution is 6.36. The Hall–Kier alpha value is -3.39. The van der Waals surface area contributed by atoms with E-state index in [0.29, 0.717) is 28.1 Å². The van der Waals surface area contributed by atoms with Crippen molar-refractivity contribution in [2.45, 2.75) is 24.8 Å². The maximum Gasteiger partial charge on any atom is 0.433 e. The number of ether oxygens (including phenoxy) is 1. The van der Waals surface area contributed by atoms with Gasteiger partial charge in [0.25, 0.3) is 0 Å². The molecule has 2 aromatic heterocycles. The van der Waals surface area contributed by atoms with Crippen molar-refractivity contribution in [2.24, 2.45) is 7.05 Å². The van der Waals surface area contributed by atoms with Gasteiger partial charge in [0.15, 0.2) is 5.60 Å². The van der Waals surface area contributed by atoms with Gasteiger partial charge in [0.2, 0.25) is 0 Å². The zero-order chi connectivity index (χ0) is 26.7. The van der Waals surface area contributed by atoms with Crippen molar-refractivity contribution < 1.29 is 17.9 Å². The smallest absolute Gasteiger partial charge is 0.355 e. The highest BCUT2D eigenvalue weighted by atomic mass is 35.5. The molecule has 5 aromatic rings. The maximum atomic E-state index is 14.1. The monoisotopic (exact) mass is 553 g/mol. The van der Waals surface area contributed by atoms with Gasteiger partial charge in [0.1, 0.15) is 5.69 Å². The molecule has 0 amide bonds. The summed E-state index contributed by atoms with van der Waals surface area (Å²) in [6, 6.07) is 19.5. The van der Waals surface area contributed by atoms with Crippen LogP contribution in [0.5, 0.6) is 0 Å². The minimum Gasteiger partial charge on any atom is -0.355 e. The summed E-state index contributed by atoms with van der Waals surface area (Å²) in [6.07, 6.45) is -1.27. The van der Waals surface area contributed by atoms with Crippen LogP contribution in [0, 0.1) is 0 Å². The first kappa shape index (κ1) is 24.9. The molecule has 192 valence electrons. The third kappa shape index (κ3) is 3.97. The molecule has 1 aliphatic heterocycles. The Morgan fingerprint density at radius 2 is 1.82 bits per heavy atom. The molecule has 38 heavy (non-hydrogen) atoms. The molecule has 0 fully saturated rings. The Bertz CT molecular complexity index is 1680. The van der Waals surface area contributed by atoms with E-state index in [0.717, 1.165) is 16.8 Å². The summed E-state index contributed by atoms with van der Waals surface area (Å²) in [5.41, 5.74) is 2.00. The lowest BCUT2D eigenvalue weighted by Gasteiger charge is -2.31. The Balaban J connectivity index is 1.60. The molecule has 1 aliphatic rings. The van der Waals surface area contributed by atoms with Gasteiger partial charge in [-0.1, -0.05) is 65.7 Å². The molecule has 0 aliphatic carbocycles. The average Bonchev–Trinajstić information content (AvgIpc) is 3.49. The number of nitrogens with zero attached hydrogens (tertiary/aromatic N) is 3. The molecule has 3 aromatic carbocycles. The van der Waals surface area contributed by atoms with Crippen LogP contribution in [0.25, 0.3) is 10.9 Å². The van der Waals surface area contributed by atoms with E-state index < -0.39 is 17.5 Å². The van der Waals surface area contributed by atoms with Crippen LogP contribution in [0.2, 0.25) is 10.0 Å². The maximum absolute atomic E-state index is 14.1. The summed E-state index contributed by atoms with van der Waals surface area (Å²) in [6.45, 7) is 0.303. The van der Waals surface area contributed by atoms with Gasteiger partial charge in [-0.15, -0.1) is 0 Å². The van der Waals surface area contributed by atoms with E-state index in [1.54, 1.807) is 61.1 Å². The van der Waals surface area contributed by atoms with Crippen molar-refractivity contribution >= 4 is 34.1 Å². The lowest BCUT2D eigenvalue weighted by molar-refractivity contribution is -0.141. The quantitative estimate of drug-likeness (QED) is 0.229. The molecule has 0 saturated heterocycles. The van der Waals surface area contributed by atoms with Crippen molar-refractivity contribution in [3.05, 3.63) is 129 Å². The van der Waals surface area contributed by atoms with Crippen LogP contribution in [-0.2, 0) is 36.6 Å². The normalized spacial score (nSPS) is 17.2. The van der Waals surface area contributed by atoms with Crippen LogP contribution in [0.3, 0.4) is 0 Å². The number of alkyl halides is 3. The van der Waals surface area contributed by atoms with Gasteiger partial charge < -0.3 is 9.30 Å². The predicted molar refractivity (Wildman–Crippen MR) is 140 cm³/mol. The number of hydrogen-bond acceptors (Lipinski definition) is 3. The second kappa shape index (κ2) is 9.12. The van der Waals surface area contributed by atoms with E-state index >= 15 is 0 Å². The highest BCUT2D eigenvalue weighted by Crippen LogP contribution is 2.48. The van der Waals surface area contributed by atoms with Gasteiger partial charge >= 0.3 is 6.18 Å². The second-order valence-electron chi connectivity index (χ2n) is 9.31. The zero-order valence-electron chi connectivity index (χ0n) is 20.1. The summed E-state index contributed by atoms with van der Waals surface area (Å²) in [4.78, 5) is 8.35. The lowest BCUT2D eigenvalue weighted by atomic mass is 9.82. The van der Waals surface area contributed by atoms with Crippen LogP contribution in [0.1, 0.15) is 39.2 Å². The minimum absolute atomic E-state index is 0.00755.